The monoisotopic (exact) mass is 477 g/mol. The Morgan fingerprint density at radius 1 is 1.20 bits per heavy atom. The first-order chi connectivity index (χ1) is 16.8. The van der Waals surface area contributed by atoms with E-state index in [9.17, 15) is 14.7 Å². The summed E-state index contributed by atoms with van der Waals surface area (Å²) in [5.74, 6) is -0.160. The molecule has 2 aromatic carbocycles. The molecule has 0 bridgehead atoms. The van der Waals surface area contributed by atoms with Crippen molar-refractivity contribution in [1.82, 2.24) is 9.96 Å². The van der Waals surface area contributed by atoms with Gasteiger partial charge in [0, 0.05) is 48.4 Å². The third kappa shape index (κ3) is 5.87. The van der Waals surface area contributed by atoms with Crippen molar-refractivity contribution < 1.29 is 19.5 Å². The number of nitrogens with zero attached hydrogens (tertiary/aromatic N) is 3. The molecule has 9 nitrogen and oxygen atoms in total. The molecular weight excluding hydrogens is 446 g/mol. The van der Waals surface area contributed by atoms with Crippen molar-refractivity contribution in [1.29, 1.82) is 0 Å². The number of hydrogen-bond acceptors (Lipinski definition) is 7. The molecule has 184 valence electrons. The Labute approximate surface area is 204 Å². The normalized spacial score (nSPS) is 17.3. The Morgan fingerprint density at radius 2 is 1.97 bits per heavy atom. The highest BCUT2D eigenvalue weighted by molar-refractivity contribution is 6.05. The Bertz CT molecular complexity index is 1160. The van der Waals surface area contributed by atoms with Crippen LogP contribution in [0.4, 0.5) is 11.4 Å². The first-order valence-corrected chi connectivity index (χ1v) is 11.8. The quantitative estimate of drug-likeness (QED) is 0.415. The summed E-state index contributed by atoms with van der Waals surface area (Å²) in [4.78, 5) is 38.1. The van der Waals surface area contributed by atoms with Gasteiger partial charge in [0.05, 0.1) is 11.8 Å². The third-order valence-corrected chi connectivity index (χ3v) is 5.99. The number of hydrogen-bond donors (Lipinski definition) is 3. The number of nitrogen functional groups attached to an aromatic ring is 1. The molecule has 2 amide bonds. The number of hydroxylamine groups is 2. The van der Waals surface area contributed by atoms with Gasteiger partial charge in [0.15, 0.2) is 0 Å². The minimum Gasteiger partial charge on any atom is -0.399 e. The van der Waals surface area contributed by atoms with Gasteiger partial charge in [-0.1, -0.05) is 25.1 Å². The standard InChI is InChI=1S/C26H31N5O4/c1-2-10-31(35-16-17-3-7-21(27)8-4-17)26(34)20-12-18-5-6-19(13-23(18)29-24(28)14-20)25(33)30-11-9-22(32)15-30/h3-8,12-13,22,32H,2,9-11,14-16,27H2,1H3,(H2,28,29)/t22-/m1/s1. The Kier molecular flexibility index (Phi) is 7.48. The van der Waals surface area contributed by atoms with E-state index < -0.39 is 6.10 Å². The largest absolute Gasteiger partial charge is 0.399 e. The lowest BCUT2D eigenvalue weighted by molar-refractivity contribution is -0.187. The van der Waals surface area contributed by atoms with Crippen LogP contribution in [0.1, 0.15) is 47.7 Å². The van der Waals surface area contributed by atoms with Gasteiger partial charge in [0.2, 0.25) is 0 Å². The molecule has 2 heterocycles. The Balaban J connectivity index is 1.53. The number of anilines is 1. The van der Waals surface area contributed by atoms with Gasteiger partial charge in [-0.15, -0.1) is 0 Å². The van der Waals surface area contributed by atoms with E-state index in [2.05, 4.69) is 4.99 Å². The third-order valence-electron chi connectivity index (χ3n) is 5.99. The Hall–Kier alpha value is -3.69. The molecule has 2 aromatic rings. The second kappa shape index (κ2) is 10.7. The molecule has 2 aliphatic rings. The molecule has 2 aliphatic heterocycles. The lowest BCUT2D eigenvalue weighted by Gasteiger charge is -2.22. The van der Waals surface area contributed by atoms with Crippen molar-refractivity contribution in [2.24, 2.45) is 10.7 Å². The first-order valence-electron chi connectivity index (χ1n) is 11.8. The van der Waals surface area contributed by atoms with Crippen molar-refractivity contribution in [3.05, 3.63) is 64.7 Å². The number of amidine groups is 1. The predicted molar refractivity (Wildman–Crippen MR) is 134 cm³/mol. The summed E-state index contributed by atoms with van der Waals surface area (Å²) in [6.07, 6.45) is 2.73. The van der Waals surface area contributed by atoms with Crippen molar-refractivity contribution in [2.45, 2.75) is 38.9 Å². The predicted octanol–water partition coefficient (Wildman–Crippen LogP) is 2.62. The zero-order valence-corrected chi connectivity index (χ0v) is 19.8. The number of aliphatic hydroxyl groups excluding tert-OH is 1. The van der Waals surface area contributed by atoms with Crippen LogP contribution in [-0.2, 0) is 16.2 Å². The van der Waals surface area contributed by atoms with Crippen LogP contribution in [-0.4, -0.2) is 58.5 Å². The molecular formula is C26H31N5O4. The number of likely N-dealkylation sites (tertiary alicyclic amines) is 1. The van der Waals surface area contributed by atoms with Crippen LogP contribution in [0.2, 0.25) is 0 Å². The highest BCUT2D eigenvalue weighted by Gasteiger charge is 2.27. The van der Waals surface area contributed by atoms with Gasteiger partial charge in [-0.3, -0.25) is 14.4 Å². The van der Waals surface area contributed by atoms with Crippen molar-refractivity contribution >= 4 is 35.1 Å². The zero-order chi connectivity index (χ0) is 24.9. The van der Waals surface area contributed by atoms with Crippen molar-refractivity contribution in [2.75, 3.05) is 25.4 Å². The summed E-state index contributed by atoms with van der Waals surface area (Å²) in [5.41, 5.74) is 15.6. The van der Waals surface area contributed by atoms with E-state index in [1.165, 1.54) is 5.06 Å². The maximum absolute atomic E-state index is 13.4. The summed E-state index contributed by atoms with van der Waals surface area (Å²) in [7, 11) is 0. The second-order valence-electron chi connectivity index (χ2n) is 8.84. The molecule has 4 rings (SSSR count). The first kappa shape index (κ1) is 24.4. The van der Waals surface area contributed by atoms with Gasteiger partial charge in [0.25, 0.3) is 11.8 Å². The molecule has 1 saturated heterocycles. The van der Waals surface area contributed by atoms with Crippen LogP contribution in [0.3, 0.4) is 0 Å². The topological polar surface area (TPSA) is 134 Å². The maximum atomic E-state index is 13.4. The number of benzene rings is 2. The molecule has 0 unspecified atom stereocenters. The molecule has 1 atom stereocenters. The van der Waals surface area contributed by atoms with Gasteiger partial charge >= 0.3 is 0 Å². The van der Waals surface area contributed by atoms with Crippen LogP contribution in [0.15, 0.2) is 53.0 Å². The fraction of sp³-hybridized carbons (Fsp3) is 0.346. The van der Waals surface area contributed by atoms with E-state index in [-0.39, 0.29) is 30.7 Å². The van der Waals surface area contributed by atoms with Crippen LogP contribution < -0.4 is 11.5 Å². The number of carbonyl (C=O) groups excluding carboxylic acids is 2. The number of rotatable bonds is 7. The fourth-order valence-corrected chi connectivity index (χ4v) is 4.12. The fourth-order valence-electron chi connectivity index (χ4n) is 4.12. The lowest BCUT2D eigenvalue weighted by atomic mass is 10.0. The van der Waals surface area contributed by atoms with Crippen LogP contribution >= 0.6 is 0 Å². The average Bonchev–Trinajstić information content (AvgIpc) is 3.20. The van der Waals surface area contributed by atoms with Gasteiger partial charge in [-0.2, -0.15) is 0 Å². The number of aliphatic imine (C=N–C) groups is 1. The molecule has 0 aromatic heterocycles. The molecule has 9 heteroatoms. The maximum Gasteiger partial charge on any atom is 0.273 e. The van der Waals surface area contributed by atoms with Crippen LogP contribution in [0.5, 0.6) is 0 Å². The molecule has 0 radical (unpaired) electrons. The molecule has 1 fully saturated rings. The number of nitrogens with two attached hydrogens (primary N) is 2. The van der Waals surface area contributed by atoms with Gasteiger partial charge in [-0.25, -0.2) is 10.1 Å². The number of β-amino-alcohol motifs (C(OH)–C–C–N with tert-alkyl or cyclic N) is 1. The number of aliphatic hydroxyl groups is 1. The van der Waals surface area contributed by atoms with E-state index in [1.54, 1.807) is 41.3 Å². The summed E-state index contributed by atoms with van der Waals surface area (Å²) in [6, 6.07) is 12.5. The van der Waals surface area contributed by atoms with E-state index in [0.717, 1.165) is 12.0 Å². The molecule has 5 N–H and O–H groups in total. The molecule has 0 spiro atoms. The minimum atomic E-state index is -0.488. The minimum absolute atomic E-state index is 0.159. The highest BCUT2D eigenvalue weighted by atomic mass is 16.7. The van der Waals surface area contributed by atoms with E-state index in [0.29, 0.717) is 54.1 Å². The summed E-state index contributed by atoms with van der Waals surface area (Å²) < 4.78 is 0. The summed E-state index contributed by atoms with van der Waals surface area (Å²) in [6.45, 7) is 3.46. The summed E-state index contributed by atoms with van der Waals surface area (Å²) >= 11 is 0. The van der Waals surface area contributed by atoms with Crippen molar-refractivity contribution in [3.63, 3.8) is 0 Å². The Morgan fingerprint density at radius 3 is 2.66 bits per heavy atom. The average molecular weight is 478 g/mol. The number of carbonyl (C=O) groups is 2. The molecule has 0 saturated carbocycles. The van der Waals surface area contributed by atoms with E-state index in [1.807, 2.05) is 19.1 Å². The van der Waals surface area contributed by atoms with E-state index in [4.69, 9.17) is 16.3 Å². The SMILES string of the molecule is CCCN(OCc1ccc(N)cc1)C(=O)C1=Cc2ccc(C(=O)N3CC[C@@H](O)C3)cc2N=C(N)C1. The zero-order valence-electron chi connectivity index (χ0n) is 19.8. The lowest BCUT2D eigenvalue weighted by Crippen LogP contribution is -2.34. The van der Waals surface area contributed by atoms with Crippen LogP contribution in [0, 0.1) is 0 Å². The molecule has 35 heavy (non-hydrogen) atoms. The van der Waals surface area contributed by atoms with Gasteiger partial charge in [0.1, 0.15) is 12.4 Å². The molecule has 0 aliphatic carbocycles. The number of amides is 2. The summed E-state index contributed by atoms with van der Waals surface area (Å²) in [5, 5.41) is 11.1. The van der Waals surface area contributed by atoms with Crippen LogP contribution in [0.25, 0.3) is 6.08 Å². The van der Waals surface area contributed by atoms with Gasteiger partial charge < -0.3 is 21.5 Å². The van der Waals surface area contributed by atoms with Crippen molar-refractivity contribution in [3.8, 4) is 0 Å². The van der Waals surface area contributed by atoms with E-state index >= 15 is 0 Å². The smallest absolute Gasteiger partial charge is 0.273 e. The number of fused-ring (bicyclic) bond motifs is 1. The highest BCUT2D eigenvalue weighted by Crippen LogP contribution is 2.29. The second-order valence-corrected chi connectivity index (χ2v) is 8.84. The van der Waals surface area contributed by atoms with Gasteiger partial charge in [-0.05, 0) is 48.7 Å².